The van der Waals surface area contributed by atoms with Crippen LogP contribution in [-0.4, -0.2) is 16.0 Å². The van der Waals surface area contributed by atoms with Crippen molar-refractivity contribution >= 4 is 5.91 Å². The van der Waals surface area contributed by atoms with E-state index in [1.165, 1.54) is 19.3 Å². The lowest BCUT2D eigenvalue weighted by Crippen LogP contribution is -2.29. The van der Waals surface area contributed by atoms with Crippen molar-refractivity contribution in [2.24, 2.45) is 0 Å². The van der Waals surface area contributed by atoms with E-state index in [0.29, 0.717) is 18.3 Å². The van der Waals surface area contributed by atoms with Crippen LogP contribution in [0.15, 0.2) is 34.9 Å². The molecule has 5 nitrogen and oxygen atoms in total. The average Bonchev–Trinajstić information content (AvgIpc) is 3.11. The molecule has 1 aliphatic carbocycles. The van der Waals surface area contributed by atoms with Gasteiger partial charge in [-0.1, -0.05) is 61.7 Å². The summed E-state index contributed by atoms with van der Waals surface area (Å²) in [5, 5.41) is 6.96. The summed E-state index contributed by atoms with van der Waals surface area (Å²) in [6.07, 6.45) is 6.77. The number of carbonyl (C=O) groups is 1. The van der Waals surface area contributed by atoms with E-state index in [1.807, 2.05) is 37.3 Å². The molecule has 24 heavy (non-hydrogen) atoms. The molecule has 1 aromatic heterocycles. The van der Waals surface area contributed by atoms with E-state index in [0.717, 1.165) is 30.7 Å². The van der Waals surface area contributed by atoms with Gasteiger partial charge in [-0.15, -0.1) is 0 Å². The Balaban J connectivity index is 1.57. The smallest absolute Gasteiger partial charge is 0.229 e. The van der Waals surface area contributed by atoms with E-state index in [1.54, 1.807) is 0 Å². The van der Waals surface area contributed by atoms with Gasteiger partial charge in [-0.2, -0.15) is 4.98 Å². The van der Waals surface area contributed by atoms with Gasteiger partial charge in [0.15, 0.2) is 5.82 Å². The third kappa shape index (κ3) is 4.02. The number of aromatic nitrogens is 2. The molecular formula is C19H25N3O2. The van der Waals surface area contributed by atoms with Crippen molar-refractivity contribution in [2.75, 3.05) is 0 Å². The predicted octanol–water partition coefficient (Wildman–Crippen LogP) is 3.93. The highest BCUT2D eigenvalue weighted by atomic mass is 16.5. The zero-order valence-electron chi connectivity index (χ0n) is 14.2. The van der Waals surface area contributed by atoms with Gasteiger partial charge in [0.05, 0.1) is 12.5 Å². The van der Waals surface area contributed by atoms with Crippen LogP contribution in [0, 0.1) is 0 Å². The summed E-state index contributed by atoms with van der Waals surface area (Å²) in [5.74, 6) is 1.55. The predicted molar refractivity (Wildman–Crippen MR) is 91.4 cm³/mol. The molecule has 1 heterocycles. The first-order chi connectivity index (χ1) is 11.8. The quantitative estimate of drug-likeness (QED) is 0.873. The molecule has 1 N–H and O–H groups in total. The van der Waals surface area contributed by atoms with Crippen molar-refractivity contribution in [1.29, 1.82) is 0 Å². The molecule has 0 bridgehead atoms. The van der Waals surface area contributed by atoms with Crippen molar-refractivity contribution in [2.45, 2.75) is 63.8 Å². The van der Waals surface area contributed by atoms with Gasteiger partial charge in [-0.05, 0) is 24.8 Å². The maximum absolute atomic E-state index is 12.5. The largest absolute Gasteiger partial charge is 0.348 e. The van der Waals surface area contributed by atoms with Crippen LogP contribution >= 0.6 is 0 Å². The summed E-state index contributed by atoms with van der Waals surface area (Å²) < 4.78 is 5.40. The maximum Gasteiger partial charge on any atom is 0.229 e. The van der Waals surface area contributed by atoms with E-state index >= 15 is 0 Å². The van der Waals surface area contributed by atoms with Crippen LogP contribution in [0.1, 0.15) is 74.6 Å². The van der Waals surface area contributed by atoms with Gasteiger partial charge in [0.1, 0.15) is 0 Å². The average molecular weight is 327 g/mol. The highest BCUT2D eigenvalue weighted by Gasteiger charge is 2.22. The van der Waals surface area contributed by atoms with Gasteiger partial charge in [0.2, 0.25) is 11.8 Å². The Labute approximate surface area is 142 Å². The van der Waals surface area contributed by atoms with E-state index in [-0.39, 0.29) is 11.8 Å². The second kappa shape index (κ2) is 8.08. The van der Waals surface area contributed by atoms with E-state index < -0.39 is 0 Å². The monoisotopic (exact) mass is 327 g/mol. The molecule has 3 rings (SSSR count). The first-order valence-electron chi connectivity index (χ1n) is 8.93. The molecule has 1 fully saturated rings. The molecule has 1 atom stereocenters. The number of benzene rings is 1. The summed E-state index contributed by atoms with van der Waals surface area (Å²) in [5.41, 5.74) is 1.04. The lowest BCUT2D eigenvalue weighted by molar-refractivity contribution is -0.122. The molecule has 0 aliphatic heterocycles. The summed E-state index contributed by atoms with van der Waals surface area (Å²) in [6.45, 7) is 2.34. The molecule has 0 spiro atoms. The summed E-state index contributed by atoms with van der Waals surface area (Å²) in [4.78, 5) is 16.9. The topological polar surface area (TPSA) is 68.0 Å². The third-order valence-electron chi connectivity index (χ3n) is 4.79. The number of hydrogen-bond donors (Lipinski definition) is 1. The summed E-state index contributed by atoms with van der Waals surface area (Å²) >= 11 is 0. The van der Waals surface area contributed by atoms with E-state index in [4.69, 9.17) is 4.52 Å². The fraction of sp³-hybridized carbons (Fsp3) is 0.526. The van der Waals surface area contributed by atoms with Crippen LogP contribution in [0.3, 0.4) is 0 Å². The molecular weight excluding hydrogens is 302 g/mol. The molecule has 1 aromatic carbocycles. The van der Waals surface area contributed by atoms with Gasteiger partial charge in [-0.3, -0.25) is 4.79 Å². The molecule has 1 amide bonds. The van der Waals surface area contributed by atoms with Crippen LogP contribution < -0.4 is 5.32 Å². The minimum atomic E-state index is -0.143. The van der Waals surface area contributed by atoms with Crippen molar-refractivity contribution in [3.05, 3.63) is 47.6 Å². The minimum absolute atomic E-state index is 0.00714. The molecule has 0 unspecified atom stereocenters. The number of amides is 1. The van der Waals surface area contributed by atoms with Gasteiger partial charge >= 0.3 is 0 Å². The maximum atomic E-state index is 12.5. The second-order valence-corrected chi connectivity index (χ2v) is 6.47. The Kier molecular flexibility index (Phi) is 5.62. The molecule has 1 saturated carbocycles. The zero-order valence-corrected chi connectivity index (χ0v) is 14.2. The Morgan fingerprint density at radius 3 is 2.71 bits per heavy atom. The van der Waals surface area contributed by atoms with Crippen molar-refractivity contribution in [3.8, 4) is 0 Å². The van der Waals surface area contributed by atoms with Crippen LogP contribution in [0.5, 0.6) is 0 Å². The first-order valence-corrected chi connectivity index (χ1v) is 8.93. The fourth-order valence-electron chi connectivity index (χ4n) is 3.40. The third-order valence-corrected chi connectivity index (χ3v) is 4.79. The minimum Gasteiger partial charge on any atom is -0.348 e. The van der Waals surface area contributed by atoms with Crippen molar-refractivity contribution < 1.29 is 9.32 Å². The van der Waals surface area contributed by atoms with Crippen LogP contribution in [0.4, 0.5) is 0 Å². The number of nitrogens with zero attached hydrogens (tertiary/aromatic N) is 2. The lowest BCUT2D eigenvalue weighted by Gasteiger charge is -2.17. The highest BCUT2D eigenvalue weighted by molar-refractivity contribution is 5.83. The normalized spacial score (nSPS) is 16.7. The molecule has 0 saturated heterocycles. The van der Waals surface area contributed by atoms with Crippen LogP contribution in [0.2, 0.25) is 0 Å². The van der Waals surface area contributed by atoms with Gasteiger partial charge in [-0.25, -0.2) is 0 Å². The Bertz CT molecular complexity index is 648. The summed E-state index contributed by atoms with van der Waals surface area (Å²) in [6, 6.07) is 9.86. The first kappa shape index (κ1) is 16.7. The van der Waals surface area contributed by atoms with Crippen LogP contribution in [0.25, 0.3) is 0 Å². The Morgan fingerprint density at radius 2 is 2.00 bits per heavy atom. The molecule has 128 valence electrons. The number of rotatable bonds is 6. The van der Waals surface area contributed by atoms with Crippen molar-refractivity contribution in [1.82, 2.24) is 15.5 Å². The van der Waals surface area contributed by atoms with Gasteiger partial charge in [0.25, 0.3) is 0 Å². The fourth-order valence-corrected chi connectivity index (χ4v) is 3.40. The summed E-state index contributed by atoms with van der Waals surface area (Å²) in [7, 11) is 0. The number of nitrogens with one attached hydrogen (secondary N) is 1. The zero-order chi connectivity index (χ0) is 16.8. The number of carbonyl (C=O) groups excluding carboxylic acids is 1. The molecule has 5 heteroatoms. The second-order valence-electron chi connectivity index (χ2n) is 6.47. The van der Waals surface area contributed by atoms with Gasteiger partial charge in [0, 0.05) is 5.92 Å². The van der Waals surface area contributed by atoms with Crippen molar-refractivity contribution in [3.63, 3.8) is 0 Å². The SMILES string of the molecule is CC[C@@H](C(=O)NCc1noc(C2CCCCC2)n1)c1ccccc1. The molecule has 2 aromatic rings. The van der Waals surface area contributed by atoms with Gasteiger partial charge < -0.3 is 9.84 Å². The highest BCUT2D eigenvalue weighted by Crippen LogP contribution is 2.31. The molecule has 1 aliphatic rings. The lowest BCUT2D eigenvalue weighted by atomic mass is 9.89. The Morgan fingerprint density at radius 1 is 1.25 bits per heavy atom. The van der Waals surface area contributed by atoms with Crippen LogP contribution in [-0.2, 0) is 11.3 Å². The Hall–Kier alpha value is -2.17. The molecule has 0 radical (unpaired) electrons. The number of hydrogen-bond acceptors (Lipinski definition) is 4. The van der Waals surface area contributed by atoms with E-state index in [9.17, 15) is 4.79 Å². The standard InChI is InChI=1S/C19H25N3O2/c1-2-16(14-9-5-3-6-10-14)18(23)20-13-17-21-19(24-22-17)15-11-7-4-8-12-15/h3,5-6,9-10,15-16H,2,4,7-8,11-13H2,1H3,(H,20,23)/t16-/m1/s1. The van der Waals surface area contributed by atoms with E-state index in [2.05, 4.69) is 15.5 Å².